The maximum absolute atomic E-state index is 12.6. The van der Waals surface area contributed by atoms with Crippen molar-refractivity contribution >= 4 is 11.8 Å². The third-order valence-electron chi connectivity index (χ3n) is 6.55. The van der Waals surface area contributed by atoms with Gasteiger partial charge in [0.25, 0.3) is 5.91 Å². The summed E-state index contributed by atoms with van der Waals surface area (Å²) in [6, 6.07) is 6.91. The van der Waals surface area contributed by atoms with Crippen molar-refractivity contribution in [2.45, 2.75) is 61.5 Å². The molecular formula is C23H36N4O7. The largest absolute Gasteiger partial charge is 0.391 e. The fourth-order valence-corrected chi connectivity index (χ4v) is 4.60. The third kappa shape index (κ3) is 6.11. The molecule has 0 spiro atoms. The van der Waals surface area contributed by atoms with Gasteiger partial charge in [0.05, 0.1) is 30.9 Å². The van der Waals surface area contributed by atoms with E-state index in [-0.39, 0.29) is 37.9 Å². The van der Waals surface area contributed by atoms with Gasteiger partial charge in [-0.1, -0.05) is 18.2 Å². The lowest BCUT2D eigenvalue weighted by Gasteiger charge is -2.49. The lowest BCUT2D eigenvalue weighted by atomic mass is 9.82. The molecule has 1 heterocycles. The minimum Gasteiger partial charge on any atom is -0.391 e. The Morgan fingerprint density at radius 1 is 1.18 bits per heavy atom. The molecule has 2 fully saturated rings. The first kappa shape index (κ1) is 26.5. The molecule has 7 atom stereocenters. The van der Waals surface area contributed by atoms with Crippen LogP contribution < -0.4 is 21.3 Å². The van der Waals surface area contributed by atoms with Gasteiger partial charge >= 0.3 is 0 Å². The highest BCUT2D eigenvalue weighted by atomic mass is 16.7. The van der Waals surface area contributed by atoms with Gasteiger partial charge in [0.1, 0.15) is 6.10 Å². The molecule has 11 nitrogen and oxygen atoms in total. The lowest BCUT2D eigenvalue weighted by molar-refractivity contribution is -0.304. The standard InChI is InChI=1S/C23H36N4O7/c1-24-15-12-16-21(19(25-2)20(15)30)34-23(32,13-28)17(9-11-33-16)27-18(29)8-10-26-22(31)14-6-4-3-5-7-14/h3-7,15-17,19-21,24-25,28,30,32H,8-13H2,1-2H3,(H,26,31)(H,27,29). The van der Waals surface area contributed by atoms with Gasteiger partial charge < -0.3 is 46.1 Å². The van der Waals surface area contributed by atoms with E-state index in [1.807, 2.05) is 0 Å². The number of ether oxygens (including phenoxy) is 2. The van der Waals surface area contributed by atoms with Crippen molar-refractivity contribution < 1.29 is 34.4 Å². The van der Waals surface area contributed by atoms with E-state index in [4.69, 9.17) is 9.47 Å². The van der Waals surface area contributed by atoms with E-state index in [0.29, 0.717) is 12.0 Å². The quantitative estimate of drug-likeness (QED) is 0.225. The van der Waals surface area contributed by atoms with Crippen molar-refractivity contribution in [2.24, 2.45) is 0 Å². The van der Waals surface area contributed by atoms with Crippen LogP contribution >= 0.6 is 0 Å². The van der Waals surface area contributed by atoms with Gasteiger partial charge in [0, 0.05) is 31.2 Å². The summed E-state index contributed by atoms with van der Waals surface area (Å²) in [4.78, 5) is 24.7. The number of hydrogen-bond acceptors (Lipinski definition) is 9. The molecule has 2 aliphatic rings. The van der Waals surface area contributed by atoms with E-state index >= 15 is 0 Å². The number of carbonyl (C=O) groups is 2. The third-order valence-corrected chi connectivity index (χ3v) is 6.55. The Morgan fingerprint density at radius 2 is 1.91 bits per heavy atom. The number of rotatable bonds is 8. The van der Waals surface area contributed by atoms with Gasteiger partial charge in [0.2, 0.25) is 11.7 Å². The van der Waals surface area contributed by atoms with Crippen LogP contribution in [-0.2, 0) is 14.3 Å². The van der Waals surface area contributed by atoms with Gasteiger partial charge in [-0.05, 0) is 39.1 Å². The number of amides is 2. The number of likely N-dealkylation sites (N-methyl/N-ethyl adjacent to an activating group) is 2. The van der Waals surface area contributed by atoms with E-state index in [0.717, 1.165) is 0 Å². The van der Waals surface area contributed by atoms with Crippen LogP contribution in [0.25, 0.3) is 0 Å². The summed E-state index contributed by atoms with van der Waals surface area (Å²) < 4.78 is 12.0. The molecular weight excluding hydrogens is 444 g/mol. The smallest absolute Gasteiger partial charge is 0.251 e. The van der Waals surface area contributed by atoms with Crippen molar-refractivity contribution in [3.63, 3.8) is 0 Å². The summed E-state index contributed by atoms with van der Waals surface area (Å²) in [5.74, 6) is -2.78. The van der Waals surface area contributed by atoms with Crippen LogP contribution in [0.4, 0.5) is 0 Å². The second-order valence-electron chi connectivity index (χ2n) is 8.71. The molecule has 0 aromatic heterocycles. The summed E-state index contributed by atoms with van der Waals surface area (Å²) in [7, 11) is 3.43. The highest BCUT2D eigenvalue weighted by molar-refractivity contribution is 5.94. The fourth-order valence-electron chi connectivity index (χ4n) is 4.60. The molecule has 34 heavy (non-hydrogen) atoms. The second-order valence-corrected chi connectivity index (χ2v) is 8.71. The molecule has 7 N–H and O–H groups in total. The Kier molecular flexibility index (Phi) is 9.37. The number of carbonyl (C=O) groups excluding carboxylic acids is 2. The molecule has 190 valence electrons. The highest BCUT2D eigenvalue weighted by Crippen LogP contribution is 2.32. The van der Waals surface area contributed by atoms with Crippen LogP contribution in [-0.4, -0.2) is 103 Å². The average molecular weight is 481 g/mol. The van der Waals surface area contributed by atoms with Crippen LogP contribution in [0.15, 0.2) is 30.3 Å². The number of fused-ring (bicyclic) bond motifs is 1. The first-order chi connectivity index (χ1) is 16.3. The van der Waals surface area contributed by atoms with E-state index in [1.165, 1.54) is 0 Å². The minimum atomic E-state index is -2.07. The molecule has 1 aromatic rings. The molecule has 2 amide bonds. The number of hydrogen-bond donors (Lipinski definition) is 7. The van der Waals surface area contributed by atoms with Gasteiger partial charge in [-0.25, -0.2) is 0 Å². The van der Waals surface area contributed by atoms with Gasteiger partial charge in [-0.15, -0.1) is 0 Å². The highest BCUT2D eigenvalue weighted by Gasteiger charge is 2.51. The fraction of sp³-hybridized carbons (Fsp3) is 0.652. The predicted octanol–water partition coefficient (Wildman–Crippen LogP) is -1.91. The van der Waals surface area contributed by atoms with Gasteiger partial charge in [-0.3, -0.25) is 9.59 Å². The van der Waals surface area contributed by atoms with Crippen molar-refractivity contribution in [3.8, 4) is 0 Å². The van der Waals surface area contributed by atoms with E-state index in [9.17, 15) is 24.9 Å². The molecule has 1 aliphatic heterocycles. The Bertz CT molecular complexity index is 814. The normalized spacial score (nSPS) is 33.8. The van der Waals surface area contributed by atoms with Crippen LogP contribution in [0.2, 0.25) is 0 Å². The van der Waals surface area contributed by atoms with Crippen molar-refractivity contribution in [2.75, 3.05) is 33.9 Å². The summed E-state index contributed by atoms with van der Waals surface area (Å²) >= 11 is 0. The number of aliphatic hydroxyl groups is 3. The maximum atomic E-state index is 12.6. The molecule has 1 aliphatic carbocycles. The summed E-state index contributed by atoms with van der Waals surface area (Å²) in [6.07, 6.45) is -1.36. The van der Waals surface area contributed by atoms with Crippen molar-refractivity contribution in [3.05, 3.63) is 35.9 Å². The zero-order valence-corrected chi connectivity index (χ0v) is 19.6. The maximum Gasteiger partial charge on any atom is 0.251 e. The summed E-state index contributed by atoms with van der Waals surface area (Å²) in [5.41, 5.74) is 0.493. The summed E-state index contributed by atoms with van der Waals surface area (Å²) in [6.45, 7) is -0.440. The first-order valence-corrected chi connectivity index (χ1v) is 11.6. The zero-order chi connectivity index (χ0) is 24.7. The monoisotopic (exact) mass is 480 g/mol. The zero-order valence-electron chi connectivity index (χ0n) is 19.6. The number of benzene rings is 1. The van der Waals surface area contributed by atoms with Crippen LogP contribution in [0.5, 0.6) is 0 Å². The Morgan fingerprint density at radius 3 is 2.56 bits per heavy atom. The van der Waals surface area contributed by atoms with E-state index in [1.54, 1.807) is 44.4 Å². The predicted molar refractivity (Wildman–Crippen MR) is 123 cm³/mol. The Hall–Kier alpha value is -2.12. The summed E-state index contributed by atoms with van der Waals surface area (Å²) in [5, 5.41) is 43.4. The second kappa shape index (κ2) is 12.0. The molecule has 7 unspecified atom stereocenters. The Balaban J connectivity index is 1.61. The molecule has 3 rings (SSSR count). The first-order valence-electron chi connectivity index (χ1n) is 11.6. The molecule has 0 bridgehead atoms. The molecule has 1 saturated carbocycles. The molecule has 11 heteroatoms. The van der Waals surface area contributed by atoms with E-state index in [2.05, 4.69) is 21.3 Å². The molecule has 0 radical (unpaired) electrons. The number of nitrogens with one attached hydrogen (secondary N) is 4. The van der Waals surface area contributed by atoms with Crippen molar-refractivity contribution in [1.82, 2.24) is 21.3 Å². The van der Waals surface area contributed by atoms with E-state index < -0.39 is 48.7 Å². The van der Waals surface area contributed by atoms with Crippen LogP contribution in [0, 0.1) is 0 Å². The molecule has 1 aromatic carbocycles. The SMILES string of the molecule is CNC1CC2OCCC(NC(=O)CCNC(=O)c3ccccc3)C(O)(CO)OC2C(NC)C1O. The number of aliphatic hydroxyl groups excluding tert-OH is 2. The van der Waals surface area contributed by atoms with Gasteiger partial charge in [0.15, 0.2) is 0 Å². The molecule has 1 saturated heterocycles. The topological polar surface area (TPSA) is 161 Å². The van der Waals surface area contributed by atoms with Crippen LogP contribution in [0.3, 0.4) is 0 Å². The lowest BCUT2D eigenvalue weighted by Crippen LogP contribution is -2.69. The van der Waals surface area contributed by atoms with Crippen molar-refractivity contribution in [1.29, 1.82) is 0 Å². The van der Waals surface area contributed by atoms with Crippen LogP contribution in [0.1, 0.15) is 29.6 Å². The minimum absolute atomic E-state index is 0.0226. The average Bonchev–Trinajstić information content (AvgIpc) is 2.84. The Labute approximate surface area is 199 Å². The van der Waals surface area contributed by atoms with Gasteiger partial charge in [-0.2, -0.15) is 0 Å².